The molecule has 4 nitrogen and oxygen atoms in total. The predicted molar refractivity (Wildman–Crippen MR) is 88.8 cm³/mol. The molecule has 0 aromatic carbocycles. The van der Waals surface area contributed by atoms with E-state index in [0.29, 0.717) is 5.02 Å². The minimum atomic E-state index is 0.695. The van der Waals surface area contributed by atoms with Crippen LogP contribution in [0.1, 0.15) is 17.0 Å². The molecule has 3 rings (SSSR count). The Morgan fingerprint density at radius 2 is 1.73 bits per heavy atom. The second kappa shape index (κ2) is 7.18. The molecule has 22 heavy (non-hydrogen) atoms. The molecule has 3 heterocycles. The first-order valence-corrected chi connectivity index (χ1v) is 8.04. The van der Waals surface area contributed by atoms with Crippen LogP contribution in [0, 0.1) is 6.92 Å². The Bertz CT molecular complexity index is 606. The van der Waals surface area contributed by atoms with E-state index in [1.807, 2.05) is 24.4 Å². The molecule has 5 heteroatoms. The number of rotatable bonds is 4. The number of nitrogens with zero attached hydrogens (tertiary/aromatic N) is 4. The van der Waals surface area contributed by atoms with Gasteiger partial charge >= 0.3 is 0 Å². The van der Waals surface area contributed by atoms with Crippen molar-refractivity contribution in [1.29, 1.82) is 0 Å². The van der Waals surface area contributed by atoms with Crippen molar-refractivity contribution < 1.29 is 0 Å². The normalized spacial score (nSPS) is 16.8. The molecule has 0 bridgehead atoms. The van der Waals surface area contributed by atoms with Crippen LogP contribution in [-0.2, 0) is 13.1 Å². The Balaban J connectivity index is 1.50. The quantitative estimate of drug-likeness (QED) is 0.868. The number of aromatic nitrogens is 2. The summed E-state index contributed by atoms with van der Waals surface area (Å²) < 4.78 is 0. The maximum Gasteiger partial charge on any atom is 0.0589 e. The van der Waals surface area contributed by atoms with Gasteiger partial charge in [0.1, 0.15) is 0 Å². The van der Waals surface area contributed by atoms with E-state index in [-0.39, 0.29) is 0 Å². The van der Waals surface area contributed by atoms with E-state index >= 15 is 0 Å². The van der Waals surface area contributed by atoms with E-state index in [1.54, 1.807) is 6.20 Å². The molecule has 0 N–H and O–H groups in total. The van der Waals surface area contributed by atoms with Crippen LogP contribution in [0.5, 0.6) is 0 Å². The minimum absolute atomic E-state index is 0.695. The van der Waals surface area contributed by atoms with Crippen LogP contribution in [0.2, 0.25) is 5.02 Å². The fraction of sp³-hybridized carbons (Fsp3) is 0.412. The van der Waals surface area contributed by atoms with Crippen LogP contribution >= 0.6 is 11.6 Å². The van der Waals surface area contributed by atoms with Crippen molar-refractivity contribution in [3.05, 3.63) is 58.6 Å². The number of piperazine rings is 1. The summed E-state index contributed by atoms with van der Waals surface area (Å²) in [5.41, 5.74) is 3.55. The van der Waals surface area contributed by atoms with Crippen molar-refractivity contribution in [2.75, 3.05) is 26.2 Å². The lowest BCUT2D eigenvalue weighted by atomic mass is 10.2. The molecule has 0 unspecified atom stereocenters. The minimum Gasteiger partial charge on any atom is -0.296 e. The number of hydrogen-bond acceptors (Lipinski definition) is 4. The molecule has 1 saturated heterocycles. The van der Waals surface area contributed by atoms with Crippen LogP contribution in [0.4, 0.5) is 0 Å². The Hall–Kier alpha value is -1.49. The van der Waals surface area contributed by atoms with Gasteiger partial charge in [-0.1, -0.05) is 17.7 Å². The molecule has 0 amide bonds. The first kappa shape index (κ1) is 15.4. The summed E-state index contributed by atoms with van der Waals surface area (Å²) in [5, 5.41) is 0.695. The van der Waals surface area contributed by atoms with E-state index in [2.05, 4.69) is 32.8 Å². The third-order valence-corrected chi connectivity index (χ3v) is 4.37. The number of halogens is 1. The van der Waals surface area contributed by atoms with E-state index < -0.39 is 0 Å². The molecule has 1 aliphatic rings. The molecule has 0 aliphatic carbocycles. The summed E-state index contributed by atoms with van der Waals surface area (Å²) in [7, 11) is 0. The van der Waals surface area contributed by atoms with E-state index in [4.69, 9.17) is 11.6 Å². The van der Waals surface area contributed by atoms with Crippen LogP contribution in [0.25, 0.3) is 0 Å². The van der Waals surface area contributed by atoms with Gasteiger partial charge in [-0.05, 0) is 30.7 Å². The molecule has 2 aromatic heterocycles. The standard InChI is InChI=1S/C17H21ClN4/c1-14-15(3-2-6-19-14)12-21-7-9-22(10-8-21)13-17-5-4-16(18)11-20-17/h2-6,11H,7-10,12-13H2,1H3. The van der Waals surface area contributed by atoms with E-state index in [1.165, 1.54) is 5.56 Å². The number of aryl methyl sites for hydroxylation is 1. The van der Waals surface area contributed by atoms with Gasteiger partial charge in [0.05, 0.1) is 10.7 Å². The van der Waals surface area contributed by atoms with Gasteiger partial charge in [0.25, 0.3) is 0 Å². The topological polar surface area (TPSA) is 32.3 Å². The monoisotopic (exact) mass is 316 g/mol. The molecular weight excluding hydrogens is 296 g/mol. The molecular formula is C17H21ClN4. The second-order valence-electron chi connectivity index (χ2n) is 5.77. The zero-order valence-electron chi connectivity index (χ0n) is 12.9. The van der Waals surface area contributed by atoms with Crippen molar-refractivity contribution in [3.63, 3.8) is 0 Å². The third-order valence-electron chi connectivity index (χ3n) is 4.15. The van der Waals surface area contributed by atoms with Gasteiger partial charge in [-0.25, -0.2) is 0 Å². The molecule has 0 spiro atoms. The second-order valence-corrected chi connectivity index (χ2v) is 6.20. The SMILES string of the molecule is Cc1ncccc1CN1CCN(Cc2ccc(Cl)cn2)CC1. The first-order valence-electron chi connectivity index (χ1n) is 7.66. The molecule has 0 atom stereocenters. The lowest BCUT2D eigenvalue weighted by Crippen LogP contribution is -2.45. The zero-order valence-corrected chi connectivity index (χ0v) is 13.6. The third kappa shape index (κ3) is 4.03. The smallest absolute Gasteiger partial charge is 0.0589 e. The van der Waals surface area contributed by atoms with Crippen molar-refractivity contribution in [1.82, 2.24) is 19.8 Å². The van der Waals surface area contributed by atoms with Crippen molar-refractivity contribution in [3.8, 4) is 0 Å². The fourth-order valence-corrected chi connectivity index (χ4v) is 2.87. The van der Waals surface area contributed by atoms with Crippen LogP contribution in [-0.4, -0.2) is 45.9 Å². The highest BCUT2D eigenvalue weighted by atomic mass is 35.5. The van der Waals surface area contributed by atoms with Gasteiger partial charge in [0, 0.05) is 57.4 Å². The lowest BCUT2D eigenvalue weighted by molar-refractivity contribution is 0.121. The zero-order chi connectivity index (χ0) is 15.4. The van der Waals surface area contributed by atoms with Crippen LogP contribution < -0.4 is 0 Å². The summed E-state index contributed by atoms with van der Waals surface area (Å²) in [4.78, 5) is 13.7. The van der Waals surface area contributed by atoms with E-state index in [9.17, 15) is 0 Å². The maximum atomic E-state index is 5.88. The highest BCUT2D eigenvalue weighted by Crippen LogP contribution is 2.13. The fourth-order valence-electron chi connectivity index (χ4n) is 2.76. The molecule has 1 aliphatic heterocycles. The van der Waals surface area contributed by atoms with Gasteiger partial charge in [-0.2, -0.15) is 0 Å². The molecule has 0 radical (unpaired) electrons. The maximum absolute atomic E-state index is 5.88. The van der Waals surface area contributed by atoms with Crippen LogP contribution in [0.15, 0.2) is 36.7 Å². The largest absolute Gasteiger partial charge is 0.296 e. The van der Waals surface area contributed by atoms with E-state index in [0.717, 1.165) is 50.7 Å². The summed E-state index contributed by atoms with van der Waals surface area (Å²) in [6, 6.07) is 8.11. The average molecular weight is 317 g/mol. The molecule has 2 aromatic rings. The summed E-state index contributed by atoms with van der Waals surface area (Å²) in [5.74, 6) is 0. The van der Waals surface area contributed by atoms with Gasteiger partial charge in [0.2, 0.25) is 0 Å². The average Bonchev–Trinajstić information content (AvgIpc) is 2.54. The summed E-state index contributed by atoms with van der Waals surface area (Å²) in [6.45, 7) is 8.29. The van der Waals surface area contributed by atoms with Crippen molar-refractivity contribution in [2.45, 2.75) is 20.0 Å². The summed E-state index contributed by atoms with van der Waals surface area (Å²) >= 11 is 5.88. The Morgan fingerprint density at radius 3 is 2.36 bits per heavy atom. The highest BCUT2D eigenvalue weighted by molar-refractivity contribution is 6.30. The van der Waals surface area contributed by atoms with Gasteiger partial charge in [0.15, 0.2) is 0 Å². The Kier molecular flexibility index (Phi) is 5.03. The lowest BCUT2D eigenvalue weighted by Gasteiger charge is -2.34. The first-order chi connectivity index (χ1) is 10.7. The summed E-state index contributed by atoms with van der Waals surface area (Å²) in [6.07, 6.45) is 3.58. The van der Waals surface area contributed by atoms with Gasteiger partial charge < -0.3 is 0 Å². The Morgan fingerprint density at radius 1 is 1.00 bits per heavy atom. The van der Waals surface area contributed by atoms with Crippen LogP contribution in [0.3, 0.4) is 0 Å². The predicted octanol–water partition coefficient (Wildman–Crippen LogP) is 2.76. The van der Waals surface area contributed by atoms with Crippen molar-refractivity contribution in [2.24, 2.45) is 0 Å². The van der Waals surface area contributed by atoms with Gasteiger partial charge in [-0.15, -0.1) is 0 Å². The number of pyridine rings is 2. The Labute approximate surface area is 136 Å². The molecule has 1 fully saturated rings. The molecule has 116 valence electrons. The van der Waals surface area contributed by atoms with Gasteiger partial charge in [-0.3, -0.25) is 19.8 Å². The molecule has 0 saturated carbocycles. The number of hydrogen-bond donors (Lipinski definition) is 0. The highest BCUT2D eigenvalue weighted by Gasteiger charge is 2.18. The van der Waals surface area contributed by atoms with Crippen molar-refractivity contribution >= 4 is 11.6 Å².